The molecule has 0 aliphatic carbocycles. The molecule has 36 heavy (non-hydrogen) atoms. The molecule has 4 aromatic carbocycles. The third kappa shape index (κ3) is 7.03. The van der Waals surface area contributed by atoms with Crippen molar-refractivity contribution in [2.45, 2.75) is 35.5 Å². The maximum absolute atomic E-state index is 12.6. The number of rotatable bonds is 9. The van der Waals surface area contributed by atoms with Gasteiger partial charge in [-0.1, -0.05) is 82.3 Å². The predicted molar refractivity (Wildman–Crippen MR) is 152 cm³/mol. The Bertz CT molecular complexity index is 1180. The van der Waals surface area contributed by atoms with Gasteiger partial charge in [-0.15, -0.1) is 0 Å². The zero-order chi connectivity index (χ0) is 25.3. The van der Waals surface area contributed by atoms with Gasteiger partial charge in [0.15, 0.2) is 0 Å². The lowest BCUT2D eigenvalue weighted by Crippen LogP contribution is -2.18. The summed E-state index contributed by atoms with van der Waals surface area (Å²) in [7, 11) is 3.29. The molecule has 2 amide bonds. The SMILES string of the molecule is CC(C(=O)Nc1ccc(SSc2ccc(NC(=O)C(C)c3ccccc3)cc2)cc1)c1ccccc1. The maximum Gasteiger partial charge on any atom is 0.231 e. The van der Waals surface area contributed by atoms with Gasteiger partial charge in [-0.3, -0.25) is 9.59 Å². The highest BCUT2D eigenvalue weighted by molar-refractivity contribution is 8.76. The van der Waals surface area contributed by atoms with Gasteiger partial charge >= 0.3 is 0 Å². The highest BCUT2D eigenvalue weighted by atomic mass is 33.1. The van der Waals surface area contributed by atoms with Gasteiger partial charge in [0.05, 0.1) is 11.8 Å². The van der Waals surface area contributed by atoms with Gasteiger partial charge in [0.2, 0.25) is 11.8 Å². The Labute approximate surface area is 220 Å². The molecule has 0 saturated heterocycles. The maximum atomic E-state index is 12.6. The van der Waals surface area contributed by atoms with E-state index in [-0.39, 0.29) is 23.7 Å². The van der Waals surface area contributed by atoms with Crippen LogP contribution in [0.3, 0.4) is 0 Å². The summed E-state index contributed by atoms with van der Waals surface area (Å²) in [6.07, 6.45) is 0. The third-order valence-corrected chi connectivity index (χ3v) is 8.28. The van der Waals surface area contributed by atoms with E-state index in [1.165, 1.54) is 0 Å². The van der Waals surface area contributed by atoms with Gasteiger partial charge in [0.25, 0.3) is 0 Å². The van der Waals surface area contributed by atoms with Crippen LogP contribution in [0.4, 0.5) is 11.4 Å². The van der Waals surface area contributed by atoms with Crippen LogP contribution in [0.2, 0.25) is 0 Å². The fraction of sp³-hybridized carbons (Fsp3) is 0.133. The minimum Gasteiger partial charge on any atom is -0.326 e. The van der Waals surface area contributed by atoms with Crippen LogP contribution in [0.15, 0.2) is 119 Å². The summed E-state index contributed by atoms with van der Waals surface area (Å²) in [6, 6.07) is 35.2. The molecule has 0 radical (unpaired) electrons. The third-order valence-electron chi connectivity index (χ3n) is 5.86. The molecule has 0 saturated carbocycles. The van der Waals surface area contributed by atoms with Crippen molar-refractivity contribution in [3.8, 4) is 0 Å². The van der Waals surface area contributed by atoms with E-state index in [4.69, 9.17) is 0 Å². The number of anilines is 2. The van der Waals surface area contributed by atoms with Gasteiger partial charge in [-0.05, 0) is 73.5 Å². The fourth-order valence-electron chi connectivity index (χ4n) is 3.57. The van der Waals surface area contributed by atoms with E-state index < -0.39 is 0 Å². The van der Waals surface area contributed by atoms with Gasteiger partial charge in [-0.2, -0.15) is 0 Å². The number of nitrogens with one attached hydrogen (secondary N) is 2. The summed E-state index contributed by atoms with van der Waals surface area (Å²) < 4.78 is 0. The standard InChI is InChI=1S/C30H28N2O2S2/c1-21(23-9-5-3-6-10-23)29(33)31-25-13-17-27(18-14-25)35-36-28-19-15-26(16-20-28)32-30(34)22(2)24-11-7-4-8-12-24/h3-22H,1-2H3,(H,31,33)(H,32,34). The van der Waals surface area contributed by atoms with E-state index in [0.29, 0.717) is 0 Å². The van der Waals surface area contributed by atoms with E-state index in [9.17, 15) is 9.59 Å². The Morgan fingerprint density at radius 2 is 0.861 bits per heavy atom. The van der Waals surface area contributed by atoms with Crippen molar-refractivity contribution in [2.24, 2.45) is 0 Å². The van der Waals surface area contributed by atoms with Crippen molar-refractivity contribution in [1.29, 1.82) is 0 Å². The minimum absolute atomic E-state index is 0.0266. The van der Waals surface area contributed by atoms with Crippen LogP contribution in [0, 0.1) is 0 Å². The summed E-state index contributed by atoms with van der Waals surface area (Å²) in [5.74, 6) is -0.488. The topological polar surface area (TPSA) is 58.2 Å². The number of carbonyl (C=O) groups is 2. The number of carbonyl (C=O) groups excluding carboxylic acids is 2. The first-order chi connectivity index (χ1) is 17.5. The van der Waals surface area contributed by atoms with Gasteiger partial charge < -0.3 is 10.6 Å². The van der Waals surface area contributed by atoms with Crippen LogP contribution in [-0.2, 0) is 9.59 Å². The number of amides is 2. The zero-order valence-electron chi connectivity index (χ0n) is 20.2. The van der Waals surface area contributed by atoms with Crippen molar-refractivity contribution in [3.63, 3.8) is 0 Å². The molecule has 2 atom stereocenters. The molecule has 0 aliphatic rings. The second-order valence-electron chi connectivity index (χ2n) is 8.46. The van der Waals surface area contributed by atoms with Crippen molar-refractivity contribution in [3.05, 3.63) is 120 Å². The largest absolute Gasteiger partial charge is 0.326 e. The molecule has 0 spiro atoms. The summed E-state index contributed by atoms with van der Waals surface area (Å²) in [5, 5.41) is 5.98. The second-order valence-corrected chi connectivity index (χ2v) is 10.7. The van der Waals surface area contributed by atoms with Crippen LogP contribution >= 0.6 is 21.6 Å². The summed E-state index contributed by atoms with van der Waals surface area (Å²) in [4.78, 5) is 27.3. The quantitative estimate of drug-likeness (QED) is 0.223. The molecule has 4 rings (SSSR count). The molecule has 0 heterocycles. The molecule has 0 aromatic heterocycles. The Kier molecular flexibility index (Phi) is 8.87. The number of benzene rings is 4. The Hall–Kier alpha value is -3.48. The highest BCUT2D eigenvalue weighted by Crippen LogP contribution is 2.38. The molecule has 2 N–H and O–H groups in total. The van der Waals surface area contributed by atoms with E-state index in [1.54, 1.807) is 21.6 Å². The van der Waals surface area contributed by atoms with Crippen molar-refractivity contribution in [1.82, 2.24) is 0 Å². The van der Waals surface area contributed by atoms with Crippen LogP contribution in [-0.4, -0.2) is 11.8 Å². The van der Waals surface area contributed by atoms with Gasteiger partial charge in [0, 0.05) is 21.2 Å². The van der Waals surface area contributed by atoms with Crippen molar-refractivity contribution in [2.75, 3.05) is 10.6 Å². The molecular formula is C30H28N2O2S2. The van der Waals surface area contributed by atoms with Crippen LogP contribution in [0.1, 0.15) is 36.8 Å². The van der Waals surface area contributed by atoms with E-state index in [1.807, 2.05) is 123 Å². The molecule has 6 heteroatoms. The Balaban J connectivity index is 1.26. The number of hydrogen-bond acceptors (Lipinski definition) is 4. The molecule has 4 aromatic rings. The Morgan fingerprint density at radius 3 is 1.19 bits per heavy atom. The summed E-state index contributed by atoms with van der Waals surface area (Å²) in [6.45, 7) is 3.82. The summed E-state index contributed by atoms with van der Waals surface area (Å²) in [5.41, 5.74) is 3.55. The first-order valence-electron chi connectivity index (χ1n) is 11.8. The monoisotopic (exact) mass is 512 g/mol. The fourth-order valence-corrected chi connectivity index (χ4v) is 5.50. The lowest BCUT2D eigenvalue weighted by Gasteiger charge is -2.13. The lowest BCUT2D eigenvalue weighted by molar-refractivity contribution is -0.118. The van der Waals surface area contributed by atoms with Gasteiger partial charge in [-0.25, -0.2) is 0 Å². The van der Waals surface area contributed by atoms with Crippen LogP contribution < -0.4 is 10.6 Å². The molecule has 0 bridgehead atoms. The molecule has 182 valence electrons. The molecule has 0 fully saturated rings. The van der Waals surface area contributed by atoms with Crippen LogP contribution in [0.25, 0.3) is 0 Å². The predicted octanol–water partition coefficient (Wildman–Crippen LogP) is 7.97. The average molecular weight is 513 g/mol. The molecule has 0 aliphatic heterocycles. The zero-order valence-corrected chi connectivity index (χ0v) is 21.8. The number of hydrogen-bond donors (Lipinski definition) is 2. The second kappa shape index (κ2) is 12.5. The molecule has 4 nitrogen and oxygen atoms in total. The highest BCUT2D eigenvalue weighted by Gasteiger charge is 2.16. The first-order valence-corrected chi connectivity index (χ1v) is 13.9. The molecular weight excluding hydrogens is 484 g/mol. The van der Waals surface area contributed by atoms with E-state index >= 15 is 0 Å². The van der Waals surface area contributed by atoms with E-state index in [2.05, 4.69) is 10.6 Å². The summed E-state index contributed by atoms with van der Waals surface area (Å²) >= 11 is 0. The minimum atomic E-state index is -0.217. The lowest BCUT2D eigenvalue weighted by atomic mass is 10.0. The Morgan fingerprint density at radius 1 is 0.528 bits per heavy atom. The van der Waals surface area contributed by atoms with Crippen molar-refractivity contribution >= 4 is 44.8 Å². The van der Waals surface area contributed by atoms with Crippen LogP contribution in [0.5, 0.6) is 0 Å². The first kappa shape index (κ1) is 25.6. The van der Waals surface area contributed by atoms with E-state index in [0.717, 1.165) is 32.3 Å². The van der Waals surface area contributed by atoms with Crippen molar-refractivity contribution < 1.29 is 9.59 Å². The van der Waals surface area contributed by atoms with Gasteiger partial charge in [0.1, 0.15) is 0 Å². The normalized spacial score (nSPS) is 12.4. The molecule has 2 unspecified atom stereocenters. The smallest absolute Gasteiger partial charge is 0.231 e. The average Bonchev–Trinajstić information content (AvgIpc) is 2.93.